The Morgan fingerprint density at radius 1 is 1.03 bits per heavy atom. The Kier molecular flexibility index (Phi) is 6.59. The predicted molar refractivity (Wildman–Crippen MR) is 124 cm³/mol. The molecule has 4 rings (SSSR count). The highest BCUT2D eigenvalue weighted by molar-refractivity contribution is 5.71. The second kappa shape index (κ2) is 8.70. The van der Waals surface area contributed by atoms with E-state index in [1.54, 1.807) is 13.0 Å². The molecule has 0 saturated heterocycles. The van der Waals surface area contributed by atoms with E-state index in [-0.39, 0.29) is 35.1 Å². The van der Waals surface area contributed by atoms with Crippen molar-refractivity contribution in [3.05, 3.63) is 12.2 Å². The van der Waals surface area contributed by atoms with Crippen LogP contribution >= 0.6 is 0 Å². The molecule has 5 nitrogen and oxygen atoms in total. The predicted octanol–water partition coefficient (Wildman–Crippen LogP) is 4.25. The van der Waals surface area contributed by atoms with Gasteiger partial charge in [0.25, 0.3) is 0 Å². The second-order valence-corrected chi connectivity index (χ2v) is 12.3. The number of allylic oxidation sites excluding steroid dienone is 1. The molecular weight excluding hydrogens is 404 g/mol. The first-order valence-electron chi connectivity index (χ1n) is 12.9. The van der Waals surface area contributed by atoms with Gasteiger partial charge in [-0.1, -0.05) is 32.9 Å². The van der Waals surface area contributed by atoms with Crippen LogP contribution in [0.2, 0.25) is 0 Å². The highest BCUT2D eigenvalue weighted by atomic mass is 16.4. The molecule has 0 aromatic rings. The number of rotatable bonds is 5. The minimum absolute atomic E-state index is 0.102. The highest BCUT2D eigenvalue weighted by Crippen LogP contribution is 2.68. The van der Waals surface area contributed by atoms with Crippen LogP contribution in [0.4, 0.5) is 0 Å². The average molecular weight is 449 g/mol. The summed E-state index contributed by atoms with van der Waals surface area (Å²) in [6.07, 6.45) is 9.93. The number of carboxylic acids is 1. The summed E-state index contributed by atoms with van der Waals surface area (Å²) >= 11 is 0. The van der Waals surface area contributed by atoms with Crippen molar-refractivity contribution in [2.45, 2.75) is 97.4 Å². The third-order valence-electron chi connectivity index (χ3n) is 10.8. The average Bonchev–Trinajstić information content (AvgIpc) is 3.08. The molecule has 0 heterocycles. The molecule has 4 aliphatic rings. The van der Waals surface area contributed by atoms with Crippen molar-refractivity contribution in [2.75, 3.05) is 0 Å². The molecule has 0 aliphatic heterocycles. The van der Waals surface area contributed by atoms with E-state index in [2.05, 4.69) is 20.8 Å². The molecule has 0 bridgehead atoms. The Balaban J connectivity index is 1.54. The second-order valence-electron chi connectivity index (χ2n) is 12.3. The van der Waals surface area contributed by atoms with Crippen LogP contribution in [0.5, 0.6) is 0 Å². The van der Waals surface area contributed by atoms with E-state index < -0.39 is 11.9 Å². The summed E-state index contributed by atoms with van der Waals surface area (Å²) < 4.78 is 0. The molecule has 4 saturated carbocycles. The first-order chi connectivity index (χ1) is 15.0. The molecule has 0 amide bonds. The first kappa shape index (κ1) is 24.2. The number of carbonyl (C=O) groups is 1. The van der Waals surface area contributed by atoms with Gasteiger partial charge in [0.15, 0.2) is 0 Å². The summed E-state index contributed by atoms with van der Waals surface area (Å²) in [6.45, 7) is 8.57. The van der Waals surface area contributed by atoms with Crippen LogP contribution in [0.1, 0.15) is 79.1 Å². The van der Waals surface area contributed by atoms with Crippen molar-refractivity contribution in [2.24, 2.45) is 52.3 Å². The zero-order chi connectivity index (χ0) is 23.4. The number of hydrogen-bond donors (Lipinski definition) is 4. The third kappa shape index (κ3) is 3.76. The molecule has 32 heavy (non-hydrogen) atoms. The van der Waals surface area contributed by atoms with Gasteiger partial charge in [-0.3, -0.25) is 4.79 Å². The van der Waals surface area contributed by atoms with Gasteiger partial charge in [0.05, 0.1) is 24.2 Å². The molecule has 12 atom stereocenters. The number of carboxylic acid groups (broad SMARTS) is 1. The Morgan fingerprint density at radius 3 is 2.44 bits per heavy atom. The van der Waals surface area contributed by atoms with Crippen molar-refractivity contribution >= 4 is 5.97 Å². The van der Waals surface area contributed by atoms with E-state index in [4.69, 9.17) is 5.11 Å². The number of hydrogen-bond acceptors (Lipinski definition) is 4. The molecule has 0 spiro atoms. The first-order valence-corrected chi connectivity index (χ1v) is 12.9. The molecule has 4 aliphatic carbocycles. The Morgan fingerprint density at radius 2 is 1.75 bits per heavy atom. The summed E-state index contributed by atoms with van der Waals surface area (Å²) in [7, 11) is 0. The summed E-state index contributed by atoms with van der Waals surface area (Å²) in [4.78, 5) is 11.1. The van der Waals surface area contributed by atoms with Gasteiger partial charge in [-0.25, -0.2) is 0 Å². The zero-order valence-corrected chi connectivity index (χ0v) is 20.3. The zero-order valence-electron chi connectivity index (χ0n) is 20.3. The normalized spacial score (nSPS) is 50.3. The lowest BCUT2D eigenvalue weighted by Crippen LogP contribution is -2.62. The summed E-state index contributed by atoms with van der Waals surface area (Å²) in [6, 6.07) is 0. The van der Waals surface area contributed by atoms with Gasteiger partial charge in [-0.15, -0.1) is 0 Å². The smallest absolute Gasteiger partial charge is 0.310 e. The van der Waals surface area contributed by atoms with E-state index >= 15 is 0 Å². The lowest BCUT2D eigenvalue weighted by molar-refractivity contribution is -0.206. The van der Waals surface area contributed by atoms with Crippen LogP contribution in [0.3, 0.4) is 0 Å². The fourth-order valence-corrected chi connectivity index (χ4v) is 8.88. The molecule has 0 aromatic heterocycles. The molecule has 4 fully saturated rings. The van der Waals surface area contributed by atoms with Crippen LogP contribution < -0.4 is 0 Å². The lowest BCUT2D eigenvalue weighted by atomic mass is 9.43. The van der Waals surface area contributed by atoms with Crippen molar-refractivity contribution < 1.29 is 25.2 Å². The van der Waals surface area contributed by atoms with Crippen LogP contribution in [0.25, 0.3) is 0 Å². The fraction of sp³-hybridized carbons (Fsp3) is 0.889. The lowest BCUT2D eigenvalue weighted by Gasteiger charge is -2.63. The summed E-state index contributed by atoms with van der Waals surface area (Å²) in [5.41, 5.74) is -0.101. The van der Waals surface area contributed by atoms with E-state index in [9.17, 15) is 20.1 Å². The van der Waals surface area contributed by atoms with E-state index in [1.165, 1.54) is 0 Å². The SMILES string of the molecule is C[C@H](/C=C/C[C@@H](C)[C@H]1CC[C@H]2[C@@H]3[C@H](O)C[C@@H]4C[C@H](O)CC[C@]4(C)[C@H]3C[C@H](O)[C@]12C)C(=O)O. The number of aliphatic hydroxyl groups is 3. The molecule has 0 aromatic carbocycles. The van der Waals surface area contributed by atoms with E-state index in [0.29, 0.717) is 29.6 Å². The largest absolute Gasteiger partial charge is 0.481 e. The van der Waals surface area contributed by atoms with Crippen molar-refractivity contribution in [1.29, 1.82) is 0 Å². The van der Waals surface area contributed by atoms with Crippen LogP contribution in [-0.2, 0) is 4.79 Å². The maximum Gasteiger partial charge on any atom is 0.310 e. The van der Waals surface area contributed by atoms with Crippen LogP contribution in [0, 0.1) is 52.3 Å². The standard InChI is InChI=1S/C27H44O5/c1-15(6-5-7-16(2)25(31)32)19-8-9-20-24-21(14-23(30)27(19,20)4)26(3)11-10-18(28)12-17(26)13-22(24)29/h5,7,15-24,28-30H,6,8-14H2,1-4H3,(H,31,32)/b7-5+/t15-,16-,17+,18-,19-,20+,21+,22-,23+,24+,26+,27-/m1/s1. The molecule has 0 unspecified atom stereocenters. The van der Waals surface area contributed by atoms with Crippen LogP contribution in [-0.4, -0.2) is 44.7 Å². The molecule has 182 valence electrons. The van der Waals surface area contributed by atoms with Gasteiger partial charge in [-0.2, -0.15) is 0 Å². The number of aliphatic hydroxyl groups excluding tert-OH is 3. The maximum atomic E-state index is 11.6. The van der Waals surface area contributed by atoms with Crippen LogP contribution in [0.15, 0.2) is 12.2 Å². The quantitative estimate of drug-likeness (QED) is 0.471. The van der Waals surface area contributed by atoms with E-state index in [0.717, 1.165) is 51.4 Å². The minimum atomic E-state index is -0.802. The van der Waals surface area contributed by atoms with E-state index in [1.807, 2.05) is 6.08 Å². The minimum Gasteiger partial charge on any atom is -0.481 e. The van der Waals surface area contributed by atoms with Gasteiger partial charge < -0.3 is 20.4 Å². The van der Waals surface area contributed by atoms with Gasteiger partial charge in [0.1, 0.15) is 0 Å². The van der Waals surface area contributed by atoms with Crippen molar-refractivity contribution in [1.82, 2.24) is 0 Å². The summed E-state index contributed by atoms with van der Waals surface area (Å²) in [5.74, 6) is 0.684. The van der Waals surface area contributed by atoms with Gasteiger partial charge in [0.2, 0.25) is 0 Å². The van der Waals surface area contributed by atoms with Crippen molar-refractivity contribution in [3.63, 3.8) is 0 Å². The highest BCUT2D eigenvalue weighted by Gasteiger charge is 2.65. The topological polar surface area (TPSA) is 98.0 Å². The Labute approximate surface area is 193 Å². The van der Waals surface area contributed by atoms with Crippen molar-refractivity contribution in [3.8, 4) is 0 Å². The van der Waals surface area contributed by atoms with Gasteiger partial charge in [-0.05, 0) is 105 Å². The molecule has 4 N–H and O–H groups in total. The van der Waals surface area contributed by atoms with Gasteiger partial charge >= 0.3 is 5.97 Å². The maximum absolute atomic E-state index is 11.6. The monoisotopic (exact) mass is 448 g/mol. The molecule has 5 heteroatoms. The molecular formula is C27H44O5. The molecule has 0 radical (unpaired) electrons. The Bertz CT molecular complexity index is 736. The summed E-state index contributed by atoms with van der Waals surface area (Å²) in [5, 5.41) is 42.3. The number of fused-ring (bicyclic) bond motifs is 5. The fourth-order valence-electron chi connectivity index (χ4n) is 8.88. The van der Waals surface area contributed by atoms with Gasteiger partial charge in [0, 0.05) is 0 Å². The number of aliphatic carboxylic acids is 1. The Hall–Kier alpha value is -0.910. The third-order valence-corrected chi connectivity index (χ3v) is 10.8.